The molecule has 1 aliphatic heterocycles. The lowest BCUT2D eigenvalue weighted by molar-refractivity contribution is -0.138. The minimum atomic E-state index is -0.512. The van der Waals surface area contributed by atoms with Crippen LogP contribution in [0.1, 0.15) is 52.0 Å². The number of ketones is 1. The van der Waals surface area contributed by atoms with Gasteiger partial charge in [-0.25, -0.2) is 4.79 Å². The van der Waals surface area contributed by atoms with Gasteiger partial charge in [-0.1, -0.05) is 31.5 Å². The molecule has 150 valence electrons. The van der Waals surface area contributed by atoms with Crippen molar-refractivity contribution in [2.24, 2.45) is 5.41 Å². The Morgan fingerprint density at radius 1 is 1.32 bits per heavy atom. The molecule has 0 radical (unpaired) electrons. The predicted octanol–water partition coefficient (Wildman–Crippen LogP) is 4.52. The summed E-state index contributed by atoms with van der Waals surface area (Å²) in [6.07, 6.45) is 1.17. The Morgan fingerprint density at radius 2 is 2.04 bits per heavy atom. The Bertz CT molecular complexity index is 898. The molecule has 28 heavy (non-hydrogen) atoms. The number of esters is 1. The first kappa shape index (κ1) is 20.5. The maximum atomic E-state index is 13.1. The molecular weight excluding hydrogens is 378 g/mol. The smallest absolute Gasteiger partial charge is 0.336 e. The predicted molar refractivity (Wildman–Crippen MR) is 108 cm³/mol. The molecule has 6 heteroatoms. The second-order valence-electron chi connectivity index (χ2n) is 8.04. The molecule has 0 amide bonds. The fourth-order valence-electron chi connectivity index (χ4n) is 4.11. The van der Waals surface area contributed by atoms with Crippen LogP contribution < -0.4 is 10.1 Å². The summed E-state index contributed by atoms with van der Waals surface area (Å²) in [5, 5.41) is 3.75. The van der Waals surface area contributed by atoms with Crippen molar-refractivity contribution in [3.63, 3.8) is 0 Å². The van der Waals surface area contributed by atoms with Crippen LogP contribution in [0, 0.1) is 5.41 Å². The van der Waals surface area contributed by atoms with Gasteiger partial charge in [0, 0.05) is 29.3 Å². The monoisotopic (exact) mass is 403 g/mol. The van der Waals surface area contributed by atoms with Crippen molar-refractivity contribution in [1.29, 1.82) is 0 Å². The van der Waals surface area contributed by atoms with Crippen molar-refractivity contribution in [3.8, 4) is 5.75 Å². The molecule has 0 aromatic heterocycles. The lowest BCUT2D eigenvalue weighted by Crippen LogP contribution is -2.38. The van der Waals surface area contributed by atoms with Gasteiger partial charge in [0.1, 0.15) is 5.75 Å². The van der Waals surface area contributed by atoms with Gasteiger partial charge in [-0.3, -0.25) is 4.79 Å². The molecule has 3 rings (SSSR count). The SMILES string of the molecule is CCOC(=O)C1=C(C)NC2=C(C(=O)CC(C)(C)C2)C1c1ccc(OC)c(Cl)c1. The van der Waals surface area contributed by atoms with Gasteiger partial charge in [0.25, 0.3) is 0 Å². The summed E-state index contributed by atoms with van der Waals surface area (Å²) < 4.78 is 10.6. The zero-order chi connectivity index (χ0) is 20.6. The number of carbonyl (C=O) groups is 2. The highest BCUT2D eigenvalue weighted by Crippen LogP contribution is 2.47. The van der Waals surface area contributed by atoms with Crippen molar-refractivity contribution in [2.75, 3.05) is 13.7 Å². The van der Waals surface area contributed by atoms with E-state index in [1.54, 1.807) is 26.2 Å². The quantitative estimate of drug-likeness (QED) is 0.749. The maximum Gasteiger partial charge on any atom is 0.336 e. The molecule has 0 saturated carbocycles. The van der Waals surface area contributed by atoms with E-state index in [2.05, 4.69) is 19.2 Å². The molecule has 0 saturated heterocycles. The standard InChI is InChI=1S/C22H26ClNO4/c1-6-28-21(26)18-12(2)24-15-10-22(3,4)11-16(25)20(15)19(18)13-7-8-17(27-5)14(23)9-13/h7-9,19,24H,6,10-11H2,1-5H3. The van der Waals surface area contributed by atoms with Crippen LogP contribution in [-0.4, -0.2) is 25.5 Å². The van der Waals surface area contributed by atoms with Gasteiger partial charge in [0.2, 0.25) is 0 Å². The van der Waals surface area contributed by atoms with Gasteiger partial charge in [0.05, 0.1) is 24.3 Å². The number of dihydropyridines is 1. The van der Waals surface area contributed by atoms with E-state index in [1.165, 1.54) is 0 Å². The van der Waals surface area contributed by atoms with Crippen molar-refractivity contribution < 1.29 is 19.1 Å². The Morgan fingerprint density at radius 3 is 2.64 bits per heavy atom. The highest BCUT2D eigenvalue weighted by molar-refractivity contribution is 6.32. The van der Waals surface area contributed by atoms with Crippen molar-refractivity contribution in [3.05, 3.63) is 51.3 Å². The van der Waals surface area contributed by atoms with Crippen LogP contribution >= 0.6 is 11.6 Å². The highest BCUT2D eigenvalue weighted by Gasteiger charge is 2.43. The number of carbonyl (C=O) groups excluding carboxylic acids is 2. The van der Waals surface area contributed by atoms with Crippen molar-refractivity contribution in [1.82, 2.24) is 5.32 Å². The van der Waals surface area contributed by atoms with Crippen LogP contribution in [0.15, 0.2) is 40.7 Å². The highest BCUT2D eigenvalue weighted by atomic mass is 35.5. The molecule has 1 atom stereocenters. The third-order valence-electron chi connectivity index (χ3n) is 5.24. The van der Waals surface area contributed by atoms with E-state index < -0.39 is 11.9 Å². The minimum absolute atomic E-state index is 0.0463. The Labute approximate surface area is 170 Å². The number of Topliss-reactive ketones (excluding diaryl/α,β-unsaturated/α-hetero) is 1. The summed E-state index contributed by atoms with van der Waals surface area (Å²) in [5.74, 6) is -0.344. The number of benzene rings is 1. The van der Waals surface area contributed by atoms with Crippen LogP contribution in [-0.2, 0) is 14.3 Å². The average Bonchev–Trinajstić information content (AvgIpc) is 2.59. The number of nitrogens with one attached hydrogen (secondary N) is 1. The number of rotatable bonds is 4. The van der Waals surface area contributed by atoms with Crippen LogP contribution in [0.5, 0.6) is 5.75 Å². The first-order valence-corrected chi connectivity index (χ1v) is 9.81. The largest absolute Gasteiger partial charge is 0.495 e. The summed E-state index contributed by atoms with van der Waals surface area (Å²) in [6.45, 7) is 8.03. The number of halogens is 1. The van der Waals surface area contributed by atoms with E-state index in [0.717, 1.165) is 17.7 Å². The first-order chi connectivity index (χ1) is 13.2. The molecule has 0 spiro atoms. The molecule has 0 bridgehead atoms. The number of hydrogen-bond acceptors (Lipinski definition) is 5. The fourth-order valence-corrected chi connectivity index (χ4v) is 4.38. The van der Waals surface area contributed by atoms with Gasteiger partial charge in [-0.2, -0.15) is 0 Å². The average molecular weight is 404 g/mol. The van der Waals surface area contributed by atoms with Gasteiger partial charge in [0.15, 0.2) is 5.78 Å². The fraction of sp³-hybridized carbons (Fsp3) is 0.455. The molecular formula is C22H26ClNO4. The Balaban J connectivity index is 2.19. The first-order valence-electron chi connectivity index (χ1n) is 9.43. The molecule has 1 aromatic rings. The second-order valence-corrected chi connectivity index (χ2v) is 8.45. The van der Waals surface area contributed by atoms with Crippen LogP contribution in [0.4, 0.5) is 0 Å². The normalized spacial score (nSPS) is 21.2. The third kappa shape index (κ3) is 3.68. The van der Waals surface area contributed by atoms with E-state index in [0.29, 0.717) is 34.0 Å². The summed E-state index contributed by atoms with van der Waals surface area (Å²) >= 11 is 6.36. The second kappa shape index (κ2) is 7.63. The van der Waals surface area contributed by atoms with Crippen molar-refractivity contribution >= 4 is 23.4 Å². The molecule has 1 N–H and O–H groups in total. The molecule has 1 aromatic carbocycles. The summed E-state index contributed by atoms with van der Waals surface area (Å²) in [6, 6.07) is 5.38. The molecule has 1 heterocycles. The van der Waals surface area contributed by atoms with E-state index in [9.17, 15) is 9.59 Å². The summed E-state index contributed by atoms with van der Waals surface area (Å²) in [7, 11) is 1.55. The lowest BCUT2D eigenvalue weighted by atomic mass is 9.68. The van der Waals surface area contributed by atoms with Crippen LogP contribution in [0.2, 0.25) is 5.02 Å². The summed E-state index contributed by atoms with van der Waals surface area (Å²) in [5.41, 5.74) is 3.31. The molecule has 0 fully saturated rings. The third-order valence-corrected chi connectivity index (χ3v) is 5.54. The van der Waals surface area contributed by atoms with E-state index in [1.807, 2.05) is 13.0 Å². The number of hydrogen-bond donors (Lipinski definition) is 1. The zero-order valence-corrected chi connectivity index (χ0v) is 17.7. The number of allylic oxidation sites excluding steroid dienone is 3. The number of ether oxygens (including phenoxy) is 2. The van der Waals surface area contributed by atoms with Gasteiger partial charge < -0.3 is 14.8 Å². The van der Waals surface area contributed by atoms with Crippen LogP contribution in [0.3, 0.4) is 0 Å². The van der Waals surface area contributed by atoms with E-state index in [-0.39, 0.29) is 17.8 Å². The molecule has 1 aliphatic carbocycles. The van der Waals surface area contributed by atoms with Crippen molar-refractivity contribution in [2.45, 2.75) is 46.5 Å². The lowest BCUT2D eigenvalue weighted by Gasteiger charge is -2.39. The topological polar surface area (TPSA) is 64.6 Å². The van der Waals surface area contributed by atoms with Gasteiger partial charge >= 0.3 is 5.97 Å². The van der Waals surface area contributed by atoms with Crippen LogP contribution in [0.25, 0.3) is 0 Å². The molecule has 5 nitrogen and oxygen atoms in total. The maximum absolute atomic E-state index is 13.1. The Hall–Kier alpha value is -2.27. The van der Waals surface area contributed by atoms with E-state index in [4.69, 9.17) is 21.1 Å². The zero-order valence-electron chi connectivity index (χ0n) is 16.9. The van der Waals surface area contributed by atoms with E-state index >= 15 is 0 Å². The Kier molecular flexibility index (Phi) is 5.57. The van der Waals surface area contributed by atoms with Gasteiger partial charge in [-0.15, -0.1) is 0 Å². The molecule has 1 unspecified atom stereocenters. The molecule has 2 aliphatic rings. The number of methoxy groups -OCH3 is 1. The van der Waals surface area contributed by atoms with Gasteiger partial charge in [-0.05, 0) is 43.4 Å². The minimum Gasteiger partial charge on any atom is -0.495 e. The summed E-state index contributed by atoms with van der Waals surface area (Å²) in [4.78, 5) is 25.9.